The number of rotatable bonds is 4. The number of aliphatic hydroxyl groups is 1. The number of carbonyl (C=O) groups excluding carboxylic acids is 1. The quantitative estimate of drug-likeness (QED) is 0.478. The van der Waals surface area contributed by atoms with E-state index in [1.54, 1.807) is 0 Å². The molecule has 0 fully saturated rings. The summed E-state index contributed by atoms with van der Waals surface area (Å²) >= 11 is 0.845. The van der Waals surface area contributed by atoms with Crippen molar-refractivity contribution in [3.63, 3.8) is 0 Å². The minimum Gasteiger partial charge on any atom is -0.469 e. The zero-order chi connectivity index (χ0) is 11.4. The predicted octanol–water partition coefficient (Wildman–Crippen LogP) is 1.25. The number of methoxy groups -OCH3 is 1. The summed E-state index contributed by atoms with van der Waals surface area (Å²) in [7, 11) is 1.21. The average Bonchev–Trinajstić information content (AvgIpc) is 2.66. The second-order valence-electron chi connectivity index (χ2n) is 2.73. The smallest absolute Gasteiger partial charge is 0.324 e. The van der Waals surface area contributed by atoms with Crippen LogP contribution >= 0.6 is 11.3 Å². The maximum atomic E-state index is 10.8. The monoisotopic (exact) mass is 231 g/mol. The summed E-state index contributed by atoms with van der Waals surface area (Å²) in [6, 6.07) is 2.72. The first-order chi connectivity index (χ1) is 7.04. The van der Waals surface area contributed by atoms with Crippen LogP contribution < -0.4 is 0 Å². The van der Waals surface area contributed by atoms with Crippen molar-refractivity contribution in [2.75, 3.05) is 7.11 Å². The highest BCUT2D eigenvalue weighted by atomic mass is 32.1. The van der Waals surface area contributed by atoms with Crippen molar-refractivity contribution >= 4 is 22.3 Å². The first kappa shape index (κ1) is 11.6. The van der Waals surface area contributed by atoms with E-state index in [1.807, 2.05) is 0 Å². The molecule has 15 heavy (non-hydrogen) atoms. The van der Waals surface area contributed by atoms with E-state index < -0.39 is 17.0 Å². The molecule has 6 nitrogen and oxygen atoms in total. The van der Waals surface area contributed by atoms with Crippen molar-refractivity contribution in [1.29, 1.82) is 0 Å². The van der Waals surface area contributed by atoms with Gasteiger partial charge in [-0.25, -0.2) is 0 Å². The summed E-state index contributed by atoms with van der Waals surface area (Å²) in [5.41, 5.74) is 0. The van der Waals surface area contributed by atoms with Crippen LogP contribution in [0.5, 0.6) is 0 Å². The summed E-state index contributed by atoms with van der Waals surface area (Å²) < 4.78 is 4.37. The fourth-order valence-corrected chi connectivity index (χ4v) is 1.77. The lowest BCUT2D eigenvalue weighted by Gasteiger charge is -2.05. The van der Waals surface area contributed by atoms with Gasteiger partial charge in [-0.3, -0.25) is 14.9 Å². The molecule has 0 aromatic carbocycles. The van der Waals surface area contributed by atoms with E-state index in [0.717, 1.165) is 11.3 Å². The first-order valence-electron chi connectivity index (χ1n) is 4.03. The van der Waals surface area contributed by atoms with Gasteiger partial charge in [0.15, 0.2) is 0 Å². The number of thiophene rings is 1. The van der Waals surface area contributed by atoms with Gasteiger partial charge in [-0.05, 0) is 6.07 Å². The van der Waals surface area contributed by atoms with E-state index in [9.17, 15) is 20.0 Å². The zero-order valence-electron chi connectivity index (χ0n) is 7.87. The number of aliphatic hydroxyl groups excluding tert-OH is 1. The highest BCUT2D eigenvalue weighted by molar-refractivity contribution is 7.15. The number of carbonyl (C=O) groups is 1. The van der Waals surface area contributed by atoms with Gasteiger partial charge in [-0.1, -0.05) is 11.3 Å². The van der Waals surface area contributed by atoms with E-state index in [-0.39, 0.29) is 11.4 Å². The van der Waals surface area contributed by atoms with E-state index in [2.05, 4.69) is 4.74 Å². The molecule has 0 aliphatic carbocycles. The topological polar surface area (TPSA) is 89.7 Å². The van der Waals surface area contributed by atoms with Crippen LogP contribution in [0.2, 0.25) is 0 Å². The van der Waals surface area contributed by atoms with Crippen molar-refractivity contribution in [1.82, 2.24) is 0 Å². The largest absolute Gasteiger partial charge is 0.469 e. The van der Waals surface area contributed by atoms with Crippen molar-refractivity contribution in [3.8, 4) is 0 Å². The van der Waals surface area contributed by atoms with Crippen molar-refractivity contribution in [3.05, 3.63) is 27.1 Å². The number of hydrogen-bond donors (Lipinski definition) is 1. The summed E-state index contributed by atoms with van der Waals surface area (Å²) in [5, 5.41) is 19.8. The fraction of sp³-hybridized carbons (Fsp3) is 0.375. The SMILES string of the molecule is COC(=O)CC(O)c1ccc([N+](=O)[O-])s1. The van der Waals surface area contributed by atoms with Gasteiger partial charge in [-0.15, -0.1) is 0 Å². The number of nitro groups is 1. The van der Waals surface area contributed by atoms with E-state index >= 15 is 0 Å². The van der Waals surface area contributed by atoms with Crippen LogP contribution in [0, 0.1) is 10.1 Å². The molecule has 1 unspecified atom stereocenters. The highest BCUT2D eigenvalue weighted by Crippen LogP contribution is 2.30. The molecule has 1 N–H and O–H groups in total. The van der Waals surface area contributed by atoms with E-state index in [0.29, 0.717) is 4.88 Å². The minimum atomic E-state index is -1.05. The Balaban J connectivity index is 2.69. The molecule has 0 saturated heterocycles. The maximum absolute atomic E-state index is 10.8. The Hall–Kier alpha value is -1.47. The Morgan fingerprint density at radius 1 is 1.73 bits per heavy atom. The molecule has 7 heteroatoms. The molecule has 0 spiro atoms. The molecule has 1 aromatic rings. The van der Waals surface area contributed by atoms with Gasteiger partial charge < -0.3 is 9.84 Å². The summed E-state index contributed by atoms with van der Waals surface area (Å²) in [6.45, 7) is 0. The number of hydrogen-bond acceptors (Lipinski definition) is 6. The number of esters is 1. The Bertz CT molecular complexity index is 375. The van der Waals surface area contributed by atoms with Gasteiger partial charge >= 0.3 is 11.0 Å². The molecule has 0 aliphatic rings. The molecule has 1 atom stereocenters. The maximum Gasteiger partial charge on any atom is 0.324 e. The Labute approximate surface area is 89.3 Å². The van der Waals surface area contributed by atoms with Crippen LogP contribution in [0.3, 0.4) is 0 Å². The van der Waals surface area contributed by atoms with Gasteiger partial charge in [0.2, 0.25) is 0 Å². The van der Waals surface area contributed by atoms with Gasteiger partial charge in [0.25, 0.3) is 0 Å². The third-order valence-corrected chi connectivity index (χ3v) is 2.85. The molecule has 0 saturated carbocycles. The highest BCUT2D eigenvalue weighted by Gasteiger charge is 2.18. The second-order valence-corrected chi connectivity index (χ2v) is 3.82. The summed E-state index contributed by atoms with van der Waals surface area (Å²) in [4.78, 5) is 21.0. The van der Waals surface area contributed by atoms with Gasteiger partial charge in [0.1, 0.15) is 0 Å². The molecular formula is C8H9NO5S. The van der Waals surface area contributed by atoms with Crippen LogP contribution in [-0.4, -0.2) is 23.1 Å². The molecule has 1 aromatic heterocycles. The normalized spacial score (nSPS) is 12.1. The third kappa shape index (κ3) is 3.00. The Morgan fingerprint density at radius 3 is 2.87 bits per heavy atom. The second kappa shape index (κ2) is 4.85. The van der Waals surface area contributed by atoms with Gasteiger partial charge in [-0.2, -0.15) is 0 Å². The Morgan fingerprint density at radius 2 is 2.40 bits per heavy atom. The average molecular weight is 231 g/mol. The summed E-state index contributed by atoms with van der Waals surface area (Å²) in [5.74, 6) is -0.557. The van der Waals surface area contributed by atoms with E-state index in [1.165, 1.54) is 19.2 Å². The lowest BCUT2D eigenvalue weighted by molar-refractivity contribution is -0.380. The molecule has 1 rings (SSSR count). The molecule has 1 heterocycles. The lowest BCUT2D eigenvalue weighted by Crippen LogP contribution is -2.06. The lowest BCUT2D eigenvalue weighted by atomic mass is 10.2. The Kier molecular flexibility index (Phi) is 3.75. The van der Waals surface area contributed by atoms with Crippen LogP contribution in [0.1, 0.15) is 17.4 Å². The molecule has 0 amide bonds. The van der Waals surface area contributed by atoms with Crippen LogP contribution in [0.4, 0.5) is 5.00 Å². The molecule has 82 valence electrons. The van der Waals surface area contributed by atoms with Crippen molar-refractivity contribution in [2.45, 2.75) is 12.5 Å². The van der Waals surface area contributed by atoms with E-state index in [4.69, 9.17) is 0 Å². The zero-order valence-corrected chi connectivity index (χ0v) is 8.69. The van der Waals surface area contributed by atoms with Crippen LogP contribution in [0.25, 0.3) is 0 Å². The number of ether oxygens (including phenoxy) is 1. The predicted molar refractivity (Wildman–Crippen MR) is 52.6 cm³/mol. The third-order valence-electron chi connectivity index (χ3n) is 1.71. The van der Waals surface area contributed by atoms with Gasteiger partial charge in [0.05, 0.1) is 24.6 Å². The van der Waals surface area contributed by atoms with Crippen LogP contribution in [-0.2, 0) is 9.53 Å². The standard InChI is InChI=1S/C8H9NO5S/c1-14-8(11)4-5(10)6-2-3-7(15-6)9(12)13/h2-3,5,10H,4H2,1H3. The molecule has 0 bridgehead atoms. The number of nitrogens with zero attached hydrogens (tertiary/aromatic N) is 1. The van der Waals surface area contributed by atoms with Gasteiger partial charge in [0, 0.05) is 10.9 Å². The summed E-state index contributed by atoms with van der Waals surface area (Å²) in [6.07, 6.45) is -1.25. The molecular weight excluding hydrogens is 222 g/mol. The molecule has 0 radical (unpaired) electrons. The van der Waals surface area contributed by atoms with Crippen LogP contribution in [0.15, 0.2) is 12.1 Å². The first-order valence-corrected chi connectivity index (χ1v) is 4.85. The fourth-order valence-electron chi connectivity index (χ4n) is 0.961. The minimum absolute atomic E-state index is 0.0612. The molecule has 0 aliphatic heterocycles. The van der Waals surface area contributed by atoms with Crippen molar-refractivity contribution in [2.24, 2.45) is 0 Å². The van der Waals surface area contributed by atoms with Crippen molar-refractivity contribution < 1.29 is 19.6 Å².